The van der Waals surface area contributed by atoms with E-state index in [0.717, 1.165) is 18.4 Å². The predicted octanol–water partition coefficient (Wildman–Crippen LogP) is 7.17. The Hall–Kier alpha value is -2.45. The average molecular weight is 548 g/mol. The highest BCUT2D eigenvalue weighted by atomic mass is 32.3. The molecule has 1 unspecified atom stereocenters. The molecule has 0 saturated carbocycles. The number of hydrogen-bond acceptors (Lipinski definition) is 5. The fourth-order valence-electron chi connectivity index (χ4n) is 3.86. The van der Waals surface area contributed by atoms with Gasteiger partial charge in [-0.3, -0.25) is 4.79 Å². The molecule has 0 aliphatic rings. The van der Waals surface area contributed by atoms with E-state index < -0.39 is 31.5 Å². The number of sulfonamides is 1. The van der Waals surface area contributed by atoms with E-state index in [9.17, 15) is 17.4 Å². The molecule has 0 radical (unpaired) electrons. The number of carbonyl (C=O) groups is 1. The summed E-state index contributed by atoms with van der Waals surface area (Å²) in [6.45, 7) is 13.9. The SMILES string of the molecule is CCC/C=C/COC(=O)CS(=O)(=NS(=O)(=O)c1c(C(C)C)cc(C(C)C)cc1C(C)C)c1ccccc1. The molecule has 0 aliphatic heterocycles. The van der Waals surface area contributed by atoms with E-state index >= 15 is 0 Å². The summed E-state index contributed by atoms with van der Waals surface area (Å²) in [5.41, 5.74) is 2.31. The lowest BCUT2D eigenvalue weighted by atomic mass is 9.89. The third kappa shape index (κ3) is 8.27. The van der Waals surface area contributed by atoms with Crippen LogP contribution in [0, 0.1) is 0 Å². The van der Waals surface area contributed by atoms with Crippen molar-refractivity contribution in [2.45, 2.75) is 88.9 Å². The van der Waals surface area contributed by atoms with Gasteiger partial charge in [-0.05, 0) is 53.0 Å². The lowest BCUT2D eigenvalue weighted by Gasteiger charge is -2.22. The van der Waals surface area contributed by atoms with Gasteiger partial charge in [-0.1, -0.05) is 97.4 Å². The third-order valence-corrected chi connectivity index (χ3v) is 10.3. The standard InChI is InChI=1S/C29H41NO5S2/c1-8-9-10-14-17-35-28(31)20-36(32,25-15-12-11-13-16-25)30-37(33,34)29-26(22(4)5)18-24(21(2)3)19-27(29)23(6)7/h10-16,18-19,21-23H,8-9,17,20H2,1-7H3/b14-10+. The van der Waals surface area contributed by atoms with Crippen LogP contribution in [0.4, 0.5) is 0 Å². The Bertz CT molecular complexity index is 1290. The number of benzene rings is 2. The average Bonchev–Trinajstić information content (AvgIpc) is 2.83. The second-order valence-electron chi connectivity index (χ2n) is 10.1. The summed E-state index contributed by atoms with van der Waals surface area (Å²) >= 11 is 0. The van der Waals surface area contributed by atoms with Crippen LogP contribution in [-0.4, -0.2) is 31.0 Å². The Kier molecular flexibility index (Phi) is 11.1. The van der Waals surface area contributed by atoms with Gasteiger partial charge in [0, 0.05) is 4.90 Å². The number of allylic oxidation sites excluding steroid dienone is 1. The molecular formula is C29H41NO5S2. The molecule has 37 heavy (non-hydrogen) atoms. The van der Waals surface area contributed by atoms with Gasteiger partial charge in [0.05, 0.1) is 4.90 Å². The number of unbranched alkanes of at least 4 members (excludes halogenated alkanes) is 1. The van der Waals surface area contributed by atoms with Crippen LogP contribution >= 0.6 is 0 Å². The Morgan fingerprint density at radius 3 is 1.95 bits per heavy atom. The third-order valence-electron chi connectivity index (χ3n) is 5.94. The molecule has 0 fully saturated rings. The van der Waals surface area contributed by atoms with Gasteiger partial charge in [-0.15, -0.1) is 3.77 Å². The van der Waals surface area contributed by atoms with Gasteiger partial charge < -0.3 is 4.74 Å². The van der Waals surface area contributed by atoms with Crippen LogP contribution in [0.2, 0.25) is 0 Å². The van der Waals surface area contributed by atoms with Crippen molar-refractivity contribution in [2.24, 2.45) is 3.77 Å². The van der Waals surface area contributed by atoms with Gasteiger partial charge in [-0.25, -0.2) is 4.21 Å². The fourth-order valence-corrected chi connectivity index (χ4v) is 8.32. The molecule has 2 aromatic rings. The summed E-state index contributed by atoms with van der Waals surface area (Å²) in [6, 6.07) is 11.9. The zero-order chi connectivity index (χ0) is 27.8. The van der Waals surface area contributed by atoms with Crippen molar-refractivity contribution in [3.05, 3.63) is 71.3 Å². The lowest BCUT2D eigenvalue weighted by molar-refractivity contribution is -0.139. The van der Waals surface area contributed by atoms with Crippen molar-refractivity contribution < 1.29 is 22.2 Å². The second-order valence-corrected chi connectivity index (χ2v) is 14.1. The van der Waals surface area contributed by atoms with E-state index in [-0.39, 0.29) is 34.2 Å². The molecule has 0 heterocycles. The molecule has 6 nitrogen and oxygen atoms in total. The van der Waals surface area contributed by atoms with Gasteiger partial charge in [0.25, 0.3) is 10.0 Å². The van der Waals surface area contributed by atoms with Crippen molar-refractivity contribution in [3.63, 3.8) is 0 Å². The van der Waals surface area contributed by atoms with Gasteiger partial charge in [0.1, 0.15) is 22.1 Å². The second kappa shape index (κ2) is 13.4. The van der Waals surface area contributed by atoms with E-state index in [0.29, 0.717) is 11.1 Å². The Labute approximate surface area is 223 Å². The van der Waals surface area contributed by atoms with Gasteiger partial charge in [0.2, 0.25) is 0 Å². The van der Waals surface area contributed by atoms with E-state index in [1.165, 1.54) is 12.1 Å². The molecule has 8 heteroatoms. The van der Waals surface area contributed by atoms with Crippen LogP contribution in [0.5, 0.6) is 0 Å². The minimum atomic E-state index is -4.41. The summed E-state index contributed by atoms with van der Waals surface area (Å²) in [5, 5.41) is 0. The lowest BCUT2D eigenvalue weighted by Crippen LogP contribution is -2.21. The normalized spacial score (nSPS) is 13.9. The number of esters is 1. The van der Waals surface area contributed by atoms with Crippen LogP contribution in [0.1, 0.15) is 95.8 Å². The molecule has 0 aliphatic carbocycles. The minimum Gasteiger partial charge on any atom is -0.461 e. The maximum atomic E-state index is 14.2. The van der Waals surface area contributed by atoms with E-state index in [2.05, 4.69) is 17.6 Å². The minimum absolute atomic E-state index is 0.0293. The molecule has 0 bridgehead atoms. The van der Waals surface area contributed by atoms with Crippen molar-refractivity contribution in [1.29, 1.82) is 0 Å². The van der Waals surface area contributed by atoms with Gasteiger partial charge >= 0.3 is 5.97 Å². The molecule has 0 N–H and O–H groups in total. The summed E-state index contributed by atoms with van der Waals surface area (Å²) in [5.74, 6) is -1.43. The van der Waals surface area contributed by atoms with Crippen LogP contribution < -0.4 is 0 Å². The first kappa shape index (κ1) is 30.8. The molecule has 0 aromatic heterocycles. The summed E-state index contributed by atoms with van der Waals surface area (Å²) in [4.78, 5) is 12.9. The highest BCUT2D eigenvalue weighted by Crippen LogP contribution is 2.36. The fraction of sp³-hybridized carbons (Fsp3) is 0.483. The van der Waals surface area contributed by atoms with Crippen molar-refractivity contribution in [2.75, 3.05) is 12.4 Å². The first-order valence-electron chi connectivity index (χ1n) is 12.9. The first-order valence-corrected chi connectivity index (χ1v) is 16.0. The van der Waals surface area contributed by atoms with E-state index in [4.69, 9.17) is 4.74 Å². The smallest absolute Gasteiger partial charge is 0.320 e. The molecule has 2 aromatic carbocycles. The first-order chi connectivity index (χ1) is 17.3. The zero-order valence-corrected chi connectivity index (χ0v) is 24.7. The van der Waals surface area contributed by atoms with E-state index in [1.807, 2.05) is 52.8 Å². The van der Waals surface area contributed by atoms with Crippen LogP contribution in [0.15, 0.2) is 68.2 Å². The monoisotopic (exact) mass is 547 g/mol. The number of carbonyl (C=O) groups excluding carboxylic acids is 1. The number of hydrogen-bond donors (Lipinski definition) is 0. The maximum absolute atomic E-state index is 14.2. The van der Waals surface area contributed by atoms with Gasteiger partial charge in [0.15, 0.2) is 0 Å². The number of nitrogens with zero attached hydrogens (tertiary/aromatic N) is 1. The van der Waals surface area contributed by atoms with Crippen LogP contribution in [0.3, 0.4) is 0 Å². The summed E-state index contributed by atoms with van der Waals surface area (Å²) < 4.78 is 51.4. The number of ether oxygens (including phenoxy) is 1. The molecule has 204 valence electrons. The molecule has 1 atom stereocenters. The number of rotatable bonds is 12. The Balaban J connectivity index is 2.71. The summed E-state index contributed by atoms with van der Waals surface area (Å²) in [7, 11) is -8.10. The Morgan fingerprint density at radius 1 is 0.892 bits per heavy atom. The maximum Gasteiger partial charge on any atom is 0.320 e. The highest BCUT2D eigenvalue weighted by Gasteiger charge is 2.30. The molecule has 0 amide bonds. The van der Waals surface area contributed by atoms with Crippen LogP contribution in [0.25, 0.3) is 0 Å². The van der Waals surface area contributed by atoms with Crippen molar-refractivity contribution in [1.82, 2.24) is 0 Å². The quantitative estimate of drug-likeness (QED) is 0.207. The van der Waals surface area contributed by atoms with E-state index in [1.54, 1.807) is 24.3 Å². The topological polar surface area (TPSA) is 89.9 Å². The summed E-state index contributed by atoms with van der Waals surface area (Å²) in [6.07, 6.45) is 5.45. The molecule has 0 saturated heterocycles. The van der Waals surface area contributed by atoms with Crippen LogP contribution in [-0.2, 0) is 29.3 Å². The predicted molar refractivity (Wildman–Crippen MR) is 151 cm³/mol. The molecular weight excluding hydrogens is 506 g/mol. The Morgan fingerprint density at radius 2 is 1.46 bits per heavy atom. The molecule has 2 rings (SSSR count). The highest BCUT2D eigenvalue weighted by molar-refractivity contribution is 8.03. The van der Waals surface area contributed by atoms with Gasteiger partial charge in [-0.2, -0.15) is 8.42 Å². The zero-order valence-electron chi connectivity index (χ0n) is 23.1. The van der Waals surface area contributed by atoms with Crippen molar-refractivity contribution in [3.8, 4) is 0 Å². The molecule has 0 spiro atoms. The largest absolute Gasteiger partial charge is 0.461 e. The van der Waals surface area contributed by atoms with Crippen molar-refractivity contribution >= 4 is 25.7 Å².